The molecule has 0 aliphatic carbocycles. The summed E-state index contributed by atoms with van der Waals surface area (Å²) in [5.74, 6) is -1.11. The van der Waals surface area contributed by atoms with Gasteiger partial charge in [-0.25, -0.2) is 9.59 Å². The van der Waals surface area contributed by atoms with Gasteiger partial charge in [-0.2, -0.15) is 0 Å². The average molecular weight is 310 g/mol. The molecule has 1 heterocycles. The first-order valence-corrected chi connectivity index (χ1v) is 5.72. The van der Waals surface area contributed by atoms with E-state index in [1.54, 1.807) is 6.92 Å². The number of esters is 2. The smallest absolute Gasteiger partial charge is 0.348 e. The Hall–Kier alpha value is -0.590. The maximum atomic E-state index is 11.3. The van der Waals surface area contributed by atoms with Crippen molar-refractivity contribution < 1.29 is 19.1 Å². The molecule has 0 aromatic heterocycles. The predicted octanol–water partition coefficient (Wildman–Crippen LogP) is 1.08. The van der Waals surface area contributed by atoms with Crippen LogP contribution in [0.25, 0.3) is 0 Å². The Bertz CT molecular complexity index is 264. The number of halogens is 1. The van der Waals surface area contributed by atoms with Gasteiger partial charge in [0, 0.05) is 10.5 Å². The average Bonchev–Trinajstić information content (AvgIpc) is 2.41. The molecule has 0 N–H and O–H groups in total. The van der Waals surface area contributed by atoms with Crippen LogP contribution >= 0.6 is 22.6 Å². The van der Waals surface area contributed by atoms with Crippen molar-refractivity contribution in [1.82, 2.24) is 0 Å². The van der Waals surface area contributed by atoms with Gasteiger partial charge in [0.2, 0.25) is 6.10 Å². The van der Waals surface area contributed by atoms with Crippen LogP contribution in [0.5, 0.6) is 0 Å². The molecule has 3 atom stereocenters. The van der Waals surface area contributed by atoms with Crippen LogP contribution in [0.1, 0.15) is 6.92 Å². The molecule has 0 spiro atoms. The first-order valence-electron chi connectivity index (χ1n) is 4.19. The molecule has 0 saturated carbocycles. The van der Waals surface area contributed by atoms with Crippen molar-refractivity contribution in [1.29, 1.82) is 0 Å². The summed E-state index contributed by atoms with van der Waals surface area (Å²) in [4.78, 5) is 22.2. The number of carbonyl (C=O) groups excluding carboxylic acids is 2. The molecule has 14 heavy (non-hydrogen) atoms. The highest BCUT2D eigenvalue weighted by Gasteiger charge is 2.44. The second kappa shape index (κ2) is 4.77. The fraction of sp³-hybridized carbons (Fsp3) is 0.556. The molecular formula is C9H11IO4. The Kier molecular flexibility index (Phi) is 3.91. The van der Waals surface area contributed by atoms with E-state index in [0.717, 1.165) is 6.08 Å². The molecule has 3 unspecified atom stereocenters. The lowest BCUT2D eigenvalue weighted by atomic mass is 10.0. The summed E-state index contributed by atoms with van der Waals surface area (Å²) >= 11 is 2.14. The minimum absolute atomic E-state index is 0.0630. The molecule has 4 nitrogen and oxygen atoms in total. The highest BCUT2D eigenvalue weighted by atomic mass is 127. The number of cyclic esters (lactones) is 1. The van der Waals surface area contributed by atoms with E-state index in [2.05, 4.69) is 29.2 Å². The van der Waals surface area contributed by atoms with Crippen LogP contribution < -0.4 is 0 Å². The Labute approximate surface area is 95.8 Å². The molecule has 1 fully saturated rings. The van der Waals surface area contributed by atoms with Crippen molar-refractivity contribution in [2.24, 2.45) is 5.92 Å². The molecule has 0 bridgehead atoms. The monoisotopic (exact) mass is 310 g/mol. The summed E-state index contributed by atoms with van der Waals surface area (Å²) in [6.07, 6.45) is 0.0787. The van der Waals surface area contributed by atoms with Gasteiger partial charge in [-0.3, -0.25) is 0 Å². The predicted molar refractivity (Wildman–Crippen MR) is 58.0 cm³/mol. The van der Waals surface area contributed by atoms with E-state index in [1.807, 2.05) is 0 Å². The third-order valence-electron chi connectivity index (χ3n) is 2.11. The summed E-state index contributed by atoms with van der Waals surface area (Å²) in [6.45, 7) is 5.06. The minimum atomic E-state index is -0.771. The van der Waals surface area contributed by atoms with Crippen LogP contribution in [0.4, 0.5) is 0 Å². The number of hydrogen-bond acceptors (Lipinski definition) is 4. The van der Waals surface area contributed by atoms with Crippen molar-refractivity contribution in [2.45, 2.75) is 19.1 Å². The fourth-order valence-electron chi connectivity index (χ4n) is 1.27. The zero-order valence-corrected chi connectivity index (χ0v) is 9.89. The highest BCUT2D eigenvalue weighted by Crippen LogP contribution is 2.26. The number of carbonyl (C=O) groups is 2. The van der Waals surface area contributed by atoms with Gasteiger partial charge in [0.15, 0.2) is 0 Å². The third-order valence-corrected chi connectivity index (χ3v) is 3.13. The van der Waals surface area contributed by atoms with Gasteiger partial charge in [-0.05, 0) is 6.92 Å². The van der Waals surface area contributed by atoms with Gasteiger partial charge in [0.05, 0.1) is 5.92 Å². The molecule has 78 valence electrons. The Morgan fingerprint density at radius 2 is 2.43 bits per heavy atom. The quantitative estimate of drug-likeness (QED) is 0.339. The van der Waals surface area contributed by atoms with Crippen molar-refractivity contribution in [2.75, 3.05) is 4.43 Å². The van der Waals surface area contributed by atoms with E-state index in [-0.39, 0.29) is 12.0 Å². The number of ether oxygens (including phenoxy) is 2. The van der Waals surface area contributed by atoms with Crippen molar-refractivity contribution in [3.05, 3.63) is 12.7 Å². The Morgan fingerprint density at radius 1 is 1.79 bits per heavy atom. The van der Waals surface area contributed by atoms with Gasteiger partial charge in [0.1, 0.15) is 6.10 Å². The zero-order chi connectivity index (χ0) is 10.7. The van der Waals surface area contributed by atoms with Crippen LogP contribution in [-0.4, -0.2) is 28.6 Å². The first kappa shape index (κ1) is 11.5. The normalized spacial score (nSPS) is 31.0. The summed E-state index contributed by atoms with van der Waals surface area (Å²) in [6, 6.07) is 0. The van der Waals surface area contributed by atoms with Gasteiger partial charge >= 0.3 is 11.9 Å². The maximum Gasteiger partial charge on any atom is 0.348 e. The lowest BCUT2D eigenvalue weighted by Gasteiger charge is -2.14. The van der Waals surface area contributed by atoms with E-state index in [9.17, 15) is 9.59 Å². The molecule has 0 aromatic rings. The summed E-state index contributed by atoms with van der Waals surface area (Å²) in [5, 5.41) is 0. The molecule has 1 aliphatic rings. The highest BCUT2D eigenvalue weighted by molar-refractivity contribution is 14.1. The van der Waals surface area contributed by atoms with E-state index in [0.29, 0.717) is 4.43 Å². The van der Waals surface area contributed by atoms with E-state index in [1.165, 1.54) is 0 Å². The molecule has 1 aliphatic heterocycles. The number of alkyl halides is 1. The fourth-order valence-corrected chi connectivity index (χ4v) is 2.45. The van der Waals surface area contributed by atoms with E-state index in [4.69, 9.17) is 9.47 Å². The molecule has 1 saturated heterocycles. The summed E-state index contributed by atoms with van der Waals surface area (Å²) in [7, 11) is 0. The number of rotatable bonds is 3. The van der Waals surface area contributed by atoms with Crippen LogP contribution in [0.2, 0.25) is 0 Å². The first-order chi connectivity index (χ1) is 6.60. The zero-order valence-electron chi connectivity index (χ0n) is 7.73. The summed E-state index contributed by atoms with van der Waals surface area (Å²) in [5.41, 5.74) is 0. The van der Waals surface area contributed by atoms with Crippen molar-refractivity contribution in [3.8, 4) is 0 Å². The molecule has 1 rings (SSSR count). The van der Waals surface area contributed by atoms with Crippen molar-refractivity contribution >= 4 is 34.5 Å². The number of hydrogen-bond donors (Lipinski definition) is 0. The largest absolute Gasteiger partial charge is 0.459 e. The van der Waals surface area contributed by atoms with Crippen LogP contribution in [0, 0.1) is 5.92 Å². The SMILES string of the molecule is C=CC(=O)OC1C(=O)OC(C)C1CI. The minimum Gasteiger partial charge on any atom is -0.459 e. The molecule has 0 radical (unpaired) electrons. The van der Waals surface area contributed by atoms with Crippen LogP contribution in [-0.2, 0) is 19.1 Å². The lowest BCUT2D eigenvalue weighted by molar-refractivity contribution is -0.158. The molecule has 0 amide bonds. The maximum absolute atomic E-state index is 11.3. The topological polar surface area (TPSA) is 52.6 Å². The third kappa shape index (κ3) is 2.26. The lowest BCUT2D eigenvalue weighted by Crippen LogP contribution is -2.30. The standard InChI is InChI=1S/C9H11IO4/c1-3-7(11)14-8-6(4-10)5(2)13-9(8)12/h3,5-6,8H,1,4H2,2H3. The molecule has 0 aromatic carbocycles. The molecule has 5 heteroatoms. The second-order valence-corrected chi connectivity index (χ2v) is 3.90. The van der Waals surface area contributed by atoms with Gasteiger partial charge in [-0.1, -0.05) is 29.2 Å². The van der Waals surface area contributed by atoms with Crippen LogP contribution in [0.3, 0.4) is 0 Å². The Morgan fingerprint density at radius 3 is 2.93 bits per heavy atom. The second-order valence-electron chi connectivity index (χ2n) is 3.02. The van der Waals surface area contributed by atoms with E-state index >= 15 is 0 Å². The van der Waals surface area contributed by atoms with Gasteiger partial charge in [0.25, 0.3) is 0 Å². The molecular weight excluding hydrogens is 299 g/mol. The summed E-state index contributed by atoms with van der Waals surface area (Å²) < 4.78 is 10.6. The van der Waals surface area contributed by atoms with Crippen LogP contribution in [0.15, 0.2) is 12.7 Å². The Balaban J connectivity index is 2.69. The van der Waals surface area contributed by atoms with E-state index < -0.39 is 18.0 Å². The van der Waals surface area contributed by atoms with Gasteiger partial charge < -0.3 is 9.47 Å². The van der Waals surface area contributed by atoms with Crippen molar-refractivity contribution in [3.63, 3.8) is 0 Å². The van der Waals surface area contributed by atoms with Gasteiger partial charge in [-0.15, -0.1) is 0 Å².